The molecule has 0 saturated heterocycles. The average Bonchev–Trinajstić information content (AvgIpc) is 2.62. The molecule has 0 unspecified atom stereocenters. The van der Waals surface area contributed by atoms with E-state index in [9.17, 15) is 9.59 Å². The van der Waals surface area contributed by atoms with Crippen molar-refractivity contribution in [3.05, 3.63) is 54.1 Å². The van der Waals surface area contributed by atoms with Crippen LogP contribution in [-0.4, -0.2) is 44.5 Å². The summed E-state index contributed by atoms with van der Waals surface area (Å²) in [5.41, 5.74) is 1.44. The zero-order valence-electron chi connectivity index (χ0n) is 14.6. The molecule has 1 N–H and O–H groups in total. The summed E-state index contributed by atoms with van der Waals surface area (Å²) < 4.78 is 10.3. The lowest BCUT2D eigenvalue weighted by Gasteiger charge is -2.17. The van der Waals surface area contributed by atoms with Gasteiger partial charge in [0.2, 0.25) is 11.8 Å². The third-order valence-electron chi connectivity index (χ3n) is 3.71. The molecule has 0 aliphatic carbocycles. The maximum atomic E-state index is 12.3. The van der Waals surface area contributed by atoms with Gasteiger partial charge in [0.15, 0.2) is 0 Å². The van der Waals surface area contributed by atoms with Gasteiger partial charge in [-0.15, -0.1) is 0 Å². The number of anilines is 1. The minimum atomic E-state index is -0.263. The number of likely N-dealkylation sites (N-methyl/N-ethyl adjacent to an activating group) is 1. The van der Waals surface area contributed by atoms with E-state index in [1.165, 1.54) is 4.90 Å². The Hall–Kier alpha value is -3.02. The highest BCUT2D eigenvalue weighted by Gasteiger charge is 2.15. The monoisotopic (exact) mass is 342 g/mol. The molecule has 2 amide bonds. The quantitative estimate of drug-likeness (QED) is 0.839. The molecule has 2 rings (SSSR count). The van der Waals surface area contributed by atoms with Crippen LogP contribution in [0.25, 0.3) is 0 Å². The Balaban J connectivity index is 1.90. The van der Waals surface area contributed by atoms with Gasteiger partial charge in [0.25, 0.3) is 0 Å². The summed E-state index contributed by atoms with van der Waals surface area (Å²) in [5.74, 6) is 0.949. The molecule has 0 radical (unpaired) electrons. The fraction of sp³-hybridized carbons (Fsp3) is 0.263. The maximum absolute atomic E-state index is 12.3. The van der Waals surface area contributed by atoms with E-state index >= 15 is 0 Å². The van der Waals surface area contributed by atoms with Crippen molar-refractivity contribution >= 4 is 17.5 Å². The zero-order valence-corrected chi connectivity index (χ0v) is 14.6. The van der Waals surface area contributed by atoms with Gasteiger partial charge in [0.05, 0.1) is 27.2 Å². The Kier molecular flexibility index (Phi) is 6.39. The molecule has 0 aromatic heterocycles. The van der Waals surface area contributed by atoms with Crippen molar-refractivity contribution in [3.63, 3.8) is 0 Å². The Morgan fingerprint density at radius 1 is 1.00 bits per heavy atom. The third kappa shape index (κ3) is 5.24. The topological polar surface area (TPSA) is 67.9 Å². The van der Waals surface area contributed by atoms with Gasteiger partial charge < -0.3 is 19.7 Å². The first-order valence-corrected chi connectivity index (χ1v) is 7.83. The highest BCUT2D eigenvalue weighted by Crippen LogP contribution is 2.18. The largest absolute Gasteiger partial charge is 0.497 e. The number of hydrogen-bond acceptors (Lipinski definition) is 4. The highest BCUT2D eigenvalue weighted by molar-refractivity contribution is 5.94. The molecule has 0 aliphatic heterocycles. The van der Waals surface area contributed by atoms with E-state index in [0.717, 1.165) is 5.56 Å². The summed E-state index contributed by atoms with van der Waals surface area (Å²) in [6.45, 7) is -0.0278. The van der Waals surface area contributed by atoms with Crippen LogP contribution in [0, 0.1) is 0 Å². The zero-order chi connectivity index (χ0) is 18.2. The van der Waals surface area contributed by atoms with E-state index in [2.05, 4.69) is 5.32 Å². The van der Waals surface area contributed by atoms with E-state index in [0.29, 0.717) is 17.2 Å². The molecule has 25 heavy (non-hydrogen) atoms. The van der Waals surface area contributed by atoms with Gasteiger partial charge in [-0.2, -0.15) is 0 Å². The number of nitrogens with one attached hydrogen (secondary N) is 1. The molecular formula is C19H22N2O4. The first-order valence-electron chi connectivity index (χ1n) is 7.83. The van der Waals surface area contributed by atoms with Crippen LogP contribution in [0.2, 0.25) is 0 Å². The van der Waals surface area contributed by atoms with Gasteiger partial charge >= 0.3 is 0 Å². The molecule has 0 aliphatic rings. The Morgan fingerprint density at radius 3 is 2.32 bits per heavy atom. The Labute approximate surface area is 147 Å². The highest BCUT2D eigenvalue weighted by atomic mass is 16.5. The molecule has 0 atom stereocenters. The second-order valence-electron chi connectivity index (χ2n) is 5.52. The number of rotatable bonds is 7. The summed E-state index contributed by atoms with van der Waals surface area (Å²) >= 11 is 0. The van der Waals surface area contributed by atoms with Crippen molar-refractivity contribution < 1.29 is 19.1 Å². The lowest BCUT2D eigenvalue weighted by atomic mass is 10.1. The van der Waals surface area contributed by atoms with Gasteiger partial charge in [-0.3, -0.25) is 9.59 Å². The van der Waals surface area contributed by atoms with Gasteiger partial charge in [0.1, 0.15) is 11.5 Å². The average molecular weight is 342 g/mol. The summed E-state index contributed by atoms with van der Waals surface area (Å²) in [5, 5.41) is 2.75. The third-order valence-corrected chi connectivity index (χ3v) is 3.71. The fourth-order valence-corrected chi connectivity index (χ4v) is 2.33. The van der Waals surface area contributed by atoms with Gasteiger partial charge in [-0.1, -0.05) is 18.2 Å². The van der Waals surface area contributed by atoms with Crippen molar-refractivity contribution in [1.29, 1.82) is 0 Å². The van der Waals surface area contributed by atoms with Crippen molar-refractivity contribution in [3.8, 4) is 11.5 Å². The van der Waals surface area contributed by atoms with Crippen LogP contribution in [0.4, 0.5) is 5.69 Å². The van der Waals surface area contributed by atoms with E-state index in [4.69, 9.17) is 9.47 Å². The number of methoxy groups -OCH3 is 2. The predicted octanol–water partition coefficient (Wildman–Crippen LogP) is 2.34. The number of ether oxygens (including phenoxy) is 2. The fourth-order valence-electron chi connectivity index (χ4n) is 2.33. The molecule has 6 heteroatoms. The first kappa shape index (κ1) is 18.3. The number of amides is 2. The second-order valence-corrected chi connectivity index (χ2v) is 5.52. The van der Waals surface area contributed by atoms with E-state index in [1.54, 1.807) is 51.6 Å². The standard InChI is InChI=1S/C19H22N2O4/c1-21(19(23)12-14-6-4-5-7-17(14)25-3)13-18(22)20-15-8-10-16(24-2)11-9-15/h4-11H,12-13H2,1-3H3,(H,20,22). The van der Waals surface area contributed by atoms with E-state index in [-0.39, 0.29) is 24.8 Å². The Bertz CT molecular complexity index is 728. The number of benzene rings is 2. The van der Waals surface area contributed by atoms with Crippen molar-refractivity contribution in [2.75, 3.05) is 33.1 Å². The smallest absolute Gasteiger partial charge is 0.243 e. The molecule has 0 bridgehead atoms. The molecule has 0 heterocycles. The number of para-hydroxylation sites is 1. The number of carbonyl (C=O) groups is 2. The van der Waals surface area contributed by atoms with Gasteiger partial charge in [-0.25, -0.2) is 0 Å². The molecule has 132 valence electrons. The summed E-state index contributed by atoms with van der Waals surface area (Å²) in [7, 11) is 4.75. The van der Waals surface area contributed by atoms with Crippen LogP contribution in [0.3, 0.4) is 0 Å². The summed E-state index contributed by atoms with van der Waals surface area (Å²) in [6, 6.07) is 14.3. The number of carbonyl (C=O) groups excluding carboxylic acids is 2. The van der Waals surface area contributed by atoms with Crippen LogP contribution < -0.4 is 14.8 Å². The maximum Gasteiger partial charge on any atom is 0.243 e. The summed E-state index contributed by atoms with van der Waals surface area (Å²) in [6.07, 6.45) is 0.177. The Morgan fingerprint density at radius 2 is 1.68 bits per heavy atom. The predicted molar refractivity (Wildman–Crippen MR) is 96.0 cm³/mol. The van der Waals surface area contributed by atoms with Crippen molar-refractivity contribution in [2.24, 2.45) is 0 Å². The molecule has 0 saturated carbocycles. The normalized spacial score (nSPS) is 10.0. The molecule has 2 aromatic carbocycles. The number of nitrogens with zero attached hydrogens (tertiary/aromatic N) is 1. The van der Waals surface area contributed by atoms with Gasteiger partial charge in [-0.05, 0) is 30.3 Å². The lowest BCUT2D eigenvalue weighted by Crippen LogP contribution is -2.35. The molecule has 0 spiro atoms. The van der Waals surface area contributed by atoms with Crippen LogP contribution >= 0.6 is 0 Å². The number of hydrogen-bond donors (Lipinski definition) is 1. The molecule has 6 nitrogen and oxygen atoms in total. The van der Waals surface area contributed by atoms with Crippen molar-refractivity contribution in [2.45, 2.75) is 6.42 Å². The van der Waals surface area contributed by atoms with Crippen molar-refractivity contribution in [1.82, 2.24) is 4.90 Å². The molecule has 0 fully saturated rings. The van der Waals surface area contributed by atoms with E-state index in [1.807, 2.05) is 18.2 Å². The minimum absolute atomic E-state index is 0.0278. The first-order chi connectivity index (χ1) is 12.0. The summed E-state index contributed by atoms with van der Waals surface area (Å²) in [4.78, 5) is 25.8. The SMILES string of the molecule is COc1ccc(NC(=O)CN(C)C(=O)Cc2ccccc2OC)cc1. The van der Waals surface area contributed by atoms with Crippen LogP contribution in [0.5, 0.6) is 11.5 Å². The second kappa shape index (κ2) is 8.73. The molecule has 2 aromatic rings. The minimum Gasteiger partial charge on any atom is -0.497 e. The van der Waals surface area contributed by atoms with Crippen LogP contribution in [0.15, 0.2) is 48.5 Å². The lowest BCUT2D eigenvalue weighted by molar-refractivity contribution is -0.132. The molecular weight excluding hydrogens is 320 g/mol. The van der Waals surface area contributed by atoms with Crippen LogP contribution in [-0.2, 0) is 16.0 Å². The van der Waals surface area contributed by atoms with Gasteiger partial charge in [0, 0.05) is 18.3 Å². The van der Waals surface area contributed by atoms with Crippen LogP contribution in [0.1, 0.15) is 5.56 Å². The van der Waals surface area contributed by atoms with E-state index < -0.39 is 0 Å².